The molecule has 2 atom stereocenters. The standard InChI is InChI=1S/C14H18N2O4/c1-19-13(17)12(10-5-3-2-4-6-10)16-14(18)15-11-7-8-20-9-11/h2-6,11-12H,7-9H2,1H3,(H2,15,16,18). The minimum absolute atomic E-state index is 0.0101. The summed E-state index contributed by atoms with van der Waals surface area (Å²) in [7, 11) is 1.29. The number of hydrogen-bond acceptors (Lipinski definition) is 4. The molecule has 0 aliphatic carbocycles. The minimum atomic E-state index is -0.816. The number of urea groups is 1. The largest absolute Gasteiger partial charge is 0.467 e. The van der Waals surface area contributed by atoms with Crippen molar-refractivity contribution in [2.24, 2.45) is 0 Å². The molecular weight excluding hydrogens is 260 g/mol. The molecule has 1 saturated heterocycles. The highest BCUT2D eigenvalue weighted by atomic mass is 16.5. The Morgan fingerprint density at radius 1 is 1.35 bits per heavy atom. The highest BCUT2D eigenvalue weighted by Crippen LogP contribution is 2.14. The Morgan fingerprint density at radius 2 is 2.10 bits per heavy atom. The van der Waals surface area contributed by atoms with Crippen LogP contribution < -0.4 is 10.6 Å². The van der Waals surface area contributed by atoms with E-state index >= 15 is 0 Å². The number of ether oxygens (including phenoxy) is 2. The lowest BCUT2D eigenvalue weighted by Crippen LogP contribution is -2.45. The van der Waals surface area contributed by atoms with Crippen molar-refractivity contribution < 1.29 is 19.1 Å². The normalized spacial score (nSPS) is 19.1. The summed E-state index contributed by atoms with van der Waals surface area (Å²) in [6.45, 7) is 1.14. The van der Waals surface area contributed by atoms with Gasteiger partial charge in [0.05, 0.1) is 19.8 Å². The van der Waals surface area contributed by atoms with Crippen LogP contribution in [0.25, 0.3) is 0 Å². The summed E-state index contributed by atoms with van der Waals surface area (Å²) in [5.41, 5.74) is 0.678. The molecule has 6 nitrogen and oxygen atoms in total. The highest BCUT2D eigenvalue weighted by molar-refractivity contribution is 5.84. The SMILES string of the molecule is COC(=O)C(NC(=O)NC1CCOC1)c1ccccc1. The average Bonchev–Trinajstić information content (AvgIpc) is 2.97. The molecule has 0 radical (unpaired) electrons. The molecule has 2 rings (SSSR count). The van der Waals surface area contributed by atoms with Crippen molar-refractivity contribution in [2.75, 3.05) is 20.3 Å². The fourth-order valence-corrected chi connectivity index (χ4v) is 2.05. The molecular formula is C14H18N2O4. The van der Waals surface area contributed by atoms with Gasteiger partial charge in [-0.2, -0.15) is 0 Å². The summed E-state index contributed by atoms with van der Waals surface area (Å²) >= 11 is 0. The third kappa shape index (κ3) is 3.71. The summed E-state index contributed by atoms with van der Waals surface area (Å²) in [5.74, 6) is -0.506. The Bertz CT molecular complexity index is 458. The number of carbonyl (C=O) groups excluding carboxylic acids is 2. The molecule has 1 aromatic carbocycles. The van der Waals surface area contributed by atoms with E-state index in [4.69, 9.17) is 9.47 Å². The molecule has 1 heterocycles. The minimum Gasteiger partial charge on any atom is -0.467 e. The van der Waals surface area contributed by atoms with E-state index in [1.807, 2.05) is 6.07 Å². The smallest absolute Gasteiger partial charge is 0.333 e. The van der Waals surface area contributed by atoms with Gasteiger partial charge >= 0.3 is 12.0 Å². The predicted octanol–water partition coefficient (Wildman–Crippen LogP) is 0.989. The molecule has 0 spiro atoms. The van der Waals surface area contributed by atoms with Gasteiger partial charge in [-0.1, -0.05) is 30.3 Å². The quantitative estimate of drug-likeness (QED) is 0.805. The van der Waals surface area contributed by atoms with E-state index in [0.29, 0.717) is 18.8 Å². The Balaban J connectivity index is 2.00. The van der Waals surface area contributed by atoms with E-state index in [1.54, 1.807) is 24.3 Å². The summed E-state index contributed by atoms with van der Waals surface area (Å²) in [4.78, 5) is 23.7. The van der Waals surface area contributed by atoms with Crippen LogP contribution in [0.1, 0.15) is 18.0 Å². The third-order valence-corrected chi connectivity index (χ3v) is 3.11. The van der Waals surface area contributed by atoms with Crippen LogP contribution in [0.15, 0.2) is 30.3 Å². The second kappa shape index (κ2) is 6.91. The fraction of sp³-hybridized carbons (Fsp3) is 0.429. The van der Waals surface area contributed by atoms with Gasteiger partial charge in [-0.15, -0.1) is 0 Å². The van der Waals surface area contributed by atoms with Crippen LogP contribution in [-0.2, 0) is 14.3 Å². The number of nitrogens with one attached hydrogen (secondary N) is 2. The first-order valence-electron chi connectivity index (χ1n) is 6.48. The van der Waals surface area contributed by atoms with Crippen molar-refractivity contribution >= 4 is 12.0 Å². The Hall–Kier alpha value is -2.08. The number of amides is 2. The van der Waals surface area contributed by atoms with Crippen LogP contribution in [0.4, 0.5) is 4.79 Å². The van der Waals surface area contributed by atoms with E-state index in [9.17, 15) is 9.59 Å². The molecule has 1 aliphatic heterocycles. The zero-order valence-electron chi connectivity index (χ0n) is 11.3. The zero-order chi connectivity index (χ0) is 14.4. The molecule has 1 aromatic rings. The number of carbonyl (C=O) groups is 2. The van der Waals surface area contributed by atoms with E-state index in [-0.39, 0.29) is 6.04 Å². The first-order valence-corrected chi connectivity index (χ1v) is 6.48. The topological polar surface area (TPSA) is 76.7 Å². The van der Waals surface area contributed by atoms with Crippen molar-refractivity contribution in [3.63, 3.8) is 0 Å². The maximum atomic E-state index is 11.9. The number of benzene rings is 1. The van der Waals surface area contributed by atoms with Crippen LogP contribution in [-0.4, -0.2) is 38.4 Å². The van der Waals surface area contributed by atoms with E-state index in [2.05, 4.69) is 10.6 Å². The van der Waals surface area contributed by atoms with Gasteiger partial charge in [-0.25, -0.2) is 9.59 Å². The summed E-state index contributed by atoms with van der Waals surface area (Å²) in [5, 5.41) is 5.41. The molecule has 0 aromatic heterocycles. The first kappa shape index (κ1) is 14.3. The molecule has 0 saturated carbocycles. The van der Waals surface area contributed by atoms with Gasteiger partial charge < -0.3 is 20.1 Å². The van der Waals surface area contributed by atoms with Crippen molar-refractivity contribution in [1.82, 2.24) is 10.6 Å². The van der Waals surface area contributed by atoms with Gasteiger partial charge in [-0.3, -0.25) is 0 Å². The first-order chi connectivity index (χ1) is 9.70. The molecule has 108 valence electrons. The van der Waals surface area contributed by atoms with Crippen LogP contribution in [0.5, 0.6) is 0 Å². The number of hydrogen-bond donors (Lipinski definition) is 2. The lowest BCUT2D eigenvalue weighted by molar-refractivity contribution is -0.143. The molecule has 20 heavy (non-hydrogen) atoms. The van der Waals surface area contributed by atoms with Crippen LogP contribution in [0.2, 0.25) is 0 Å². The maximum Gasteiger partial charge on any atom is 0.333 e. The van der Waals surface area contributed by atoms with Crippen molar-refractivity contribution in [1.29, 1.82) is 0 Å². The second-order valence-corrected chi connectivity index (χ2v) is 4.55. The second-order valence-electron chi connectivity index (χ2n) is 4.55. The van der Waals surface area contributed by atoms with Crippen molar-refractivity contribution in [3.8, 4) is 0 Å². The zero-order valence-corrected chi connectivity index (χ0v) is 11.3. The Morgan fingerprint density at radius 3 is 2.70 bits per heavy atom. The third-order valence-electron chi connectivity index (χ3n) is 3.11. The Kier molecular flexibility index (Phi) is 4.95. The molecule has 1 fully saturated rings. The van der Waals surface area contributed by atoms with Crippen LogP contribution >= 0.6 is 0 Å². The van der Waals surface area contributed by atoms with Gasteiger partial charge in [-0.05, 0) is 12.0 Å². The monoisotopic (exact) mass is 278 g/mol. The van der Waals surface area contributed by atoms with Gasteiger partial charge in [0.15, 0.2) is 6.04 Å². The molecule has 2 unspecified atom stereocenters. The molecule has 2 N–H and O–H groups in total. The van der Waals surface area contributed by atoms with Gasteiger partial charge in [0.1, 0.15) is 0 Å². The molecule has 0 bridgehead atoms. The van der Waals surface area contributed by atoms with Gasteiger partial charge in [0.25, 0.3) is 0 Å². The lowest BCUT2D eigenvalue weighted by Gasteiger charge is -2.19. The lowest BCUT2D eigenvalue weighted by atomic mass is 10.1. The number of rotatable bonds is 4. The van der Waals surface area contributed by atoms with E-state index < -0.39 is 18.0 Å². The van der Waals surface area contributed by atoms with Crippen molar-refractivity contribution in [2.45, 2.75) is 18.5 Å². The van der Waals surface area contributed by atoms with Gasteiger partial charge in [0, 0.05) is 6.61 Å². The van der Waals surface area contributed by atoms with E-state index in [0.717, 1.165) is 6.42 Å². The summed E-state index contributed by atoms with van der Waals surface area (Å²) in [6.07, 6.45) is 0.779. The Labute approximate surface area is 117 Å². The van der Waals surface area contributed by atoms with Crippen LogP contribution in [0, 0.1) is 0 Å². The van der Waals surface area contributed by atoms with Gasteiger partial charge in [0.2, 0.25) is 0 Å². The number of esters is 1. The highest BCUT2D eigenvalue weighted by Gasteiger charge is 2.25. The fourth-order valence-electron chi connectivity index (χ4n) is 2.05. The predicted molar refractivity (Wildman–Crippen MR) is 72.1 cm³/mol. The summed E-state index contributed by atoms with van der Waals surface area (Å²) < 4.78 is 9.91. The van der Waals surface area contributed by atoms with Crippen molar-refractivity contribution in [3.05, 3.63) is 35.9 Å². The average molecular weight is 278 g/mol. The maximum absolute atomic E-state index is 11.9. The number of methoxy groups -OCH3 is 1. The van der Waals surface area contributed by atoms with E-state index in [1.165, 1.54) is 7.11 Å². The van der Waals surface area contributed by atoms with Crippen LogP contribution in [0.3, 0.4) is 0 Å². The summed E-state index contributed by atoms with van der Waals surface area (Å²) in [6, 6.07) is 7.74. The molecule has 2 amide bonds. The molecule has 6 heteroatoms. The molecule has 1 aliphatic rings.